The van der Waals surface area contributed by atoms with Crippen LogP contribution in [0.15, 0.2) is 0 Å². The molecular formula is C12H25N. The fourth-order valence-corrected chi connectivity index (χ4v) is 2.48. The molecule has 1 heterocycles. The van der Waals surface area contributed by atoms with E-state index in [9.17, 15) is 0 Å². The Morgan fingerprint density at radius 3 is 2.46 bits per heavy atom. The van der Waals surface area contributed by atoms with Crippen molar-refractivity contribution < 1.29 is 0 Å². The Balaban J connectivity index is 2.68. The Morgan fingerprint density at radius 1 is 1.38 bits per heavy atom. The van der Waals surface area contributed by atoms with Crippen LogP contribution in [0.25, 0.3) is 0 Å². The van der Waals surface area contributed by atoms with Crippen molar-refractivity contribution in [3.8, 4) is 0 Å². The summed E-state index contributed by atoms with van der Waals surface area (Å²) in [5, 5.41) is 0. The minimum Gasteiger partial charge on any atom is -0.297 e. The number of hydrogen-bond acceptors (Lipinski definition) is 1. The van der Waals surface area contributed by atoms with Crippen molar-refractivity contribution in [2.75, 3.05) is 6.54 Å². The van der Waals surface area contributed by atoms with Crippen molar-refractivity contribution in [3.05, 3.63) is 0 Å². The van der Waals surface area contributed by atoms with Gasteiger partial charge in [0, 0.05) is 12.1 Å². The lowest BCUT2D eigenvalue weighted by molar-refractivity contribution is 0.0955. The Morgan fingerprint density at radius 2 is 2.00 bits per heavy atom. The molecule has 1 atom stereocenters. The number of rotatable bonds is 3. The van der Waals surface area contributed by atoms with E-state index < -0.39 is 0 Å². The quantitative estimate of drug-likeness (QED) is 0.649. The Bertz CT molecular complexity index is 161. The molecule has 78 valence electrons. The Labute approximate surface area is 83.5 Å². The van der Waals surface area contributed by atoms with Crippen LogP contribution in [-0.2, 0) is 0 Å². The molecule has 0 N–H and O–H groups in total. The van der Waals surface area contributed by atoms with Crippen LogP contribution in [0.5, 0.6) is 0 Å². The molecule has 0 saturated carbocycles. The first-order valence-electron chi connectivity index (χ1n) is 5.74. The molecule has 1 aliphatic rings. The lowest BCUT2D eigenvalue weighted by atomic mass is 9.80. The third-order valence-electron chi connectivity index (χ3n) is 3.77. The molecule has 0 aromatic carbocycles. The molecule has 0 amide bonds. The van der Waals surface area contributed by atoms with Gasteiger partial charge in [-0.05, 0) is 45.1 Å². The molecule has 1 saturated heterocycles. The minimum atomic E-state index is 0.501. The van der Waals surface area contributed by atoms with Crippen molar-refractivity contribution in [1.82, 2.24) is 4.90 Å². The summed E-state index contributed by atoms with van der Waals surface area (Å²) in [6, 6.07) is 1.54. The standard InChI is InChI=1S/C12H25N/c1-6-12(4,5)11-8-7-9-13(11)10(2)3/h10-11H,6-9H2,1-5H3. The molecule has 0 aromatic rings. The maximum atomic E-state index is 2.68. The Kier molecular flexibility index (Phi) is 3.39. The van der Waals surface area contributed by atoms with E-state index in [-0.39, 0.29) is 0 Å². The van der Waals surface area contributed by atoms with E-state index in [4.69, 9.17) is 0 Å². The van der Waals surface area contributed by atoms with Gasteiger partial charge in [-0.2, -0.15) is 0 Å². The molecule has 0 aromatic heterocycles. The van der Waals surface area contributed by atoms with Crippen LogP contribution >= 0.6 is 0 Å². The zero-order valence-corrected chi connectivity index (χ0v) is 9.93. The van der Waals surface area contributed by atoms with Crippen LogP contribution in [0.2, 0.25) is 0 Å². The van der Waals surface area contributed by atoms with Crippen LogP contribution in [-0.4, -0.2) is 23.5 Å². The fourth-order valence-electron chi connectivity index (χ4n) is 2.48. The Hall–Kier alpha value is -0.0400. The maximum absolute atomic E-state index is 2.68. The zero-order chi connectivity index (χ0) is 10.1. The summed E-state index contributed by atoms with van der Waals surface area (Å²) >= 11 is 0. The van der Waals surface area contributed by atoms with E-state index >= 15 is 0 Å². The largest absolute Gasteiger partial charge is 0.297 e. The molecule has 1 fully saturated rings. The predicted octanol–water partition coefficient (Wildman–Crippen LogP) is 3.30. The van der Waals surface area contributed by atoms with Gasteiger partial charge in [-0.1, -0.05) is 20.8 Å². The highest BCUT2D eigenvalue weighted by atomic mass is 15.2. The van der Waals surface area contributed by atoms with Gasteiger partial charge in [0.1, 0.15) is 0 Å². The van der Waals surface area contributed by atoms with Crippen LogP contribution < -0.4 is 0 Å². The second-order valence-corrected chi connectivity index (χ2v) is 5.33. The van der Waals surface area contributed by atoms with E-state index in [1.54, 1.807) is 0 Å². The maximum Gasteiger partial charge on any atom is 0.0149 e. The summed E-state index contributed by atoms with van der Waals surface area (Å²) < 4.78 is 0. The number of likely N-dealkylation sites (tertiary alicyclic amines) is 1. The molecule has 1 unspecified atom stereocenters. The van der Waals surface area contributed by atoms with Gasteiger partial charge in [-0.3, -0.25) is 4.90 Å². The van der Waals surface area contributed by atoms with Gasteiger partial charge in [0.2, 0.25) is 0 Å². The summed E-state index contributed by atoms with van der Waals surface area (Å²) in [4.78, 5) is 2.68. The van der Waals surface area contributed by atoms with Gasteiger partial charge in [-0.25, -0.2) is 0 Å². The smallest absolute Gasteiger partial charge is 0.0149 e. The lowest BCUT2D eigenvalue weighted by Crippen LogP contribution is -2.44. The van der Waals surface area contributed by atoms with Crippen molar-refractivity contribution in [1.29, 1.82) is 0 Å². The summed E-state index contributed by atoms with van der Waals surface area (Å²) in [5.74, 6) is 0. The van der Waals surface area contributed by atoms with Gasteiger partial charge in [-0.15, -0.1) is 0 Å². The van der Waals surface area contributed by atoms with Gasteiger partial charge >= 0.3 is 0 Å². The first-order chi connectivity index (χ1) is 5.99. The van der Waals surface area contributed by atoms with Crippen molar-refractivity contribution in [3.63, 3.8) is 0 Å². The van der Waals surface area contributed by atoms with Gasteiger partial charge in [0.25, 0.3) is 0 Å². The third-order valence-corrected chi connectivity index (χ3v) is 3.77. The molecule has 1 rings (SSSR count). The average Bonchev–Trinajstić information content (AvgIpc) is 2.52. The monoisotopic (exact) mass is 183 g/mol. The molecule has 1 aliphatic heterocycles. The molecule has 1 heteroatoms. The normalized spacial score (nSPS) is 25.8. The summed E-state index contributed by atoms with van der Waals surface area (Å²) in [6.07, 6.45) is 4.09. The van der Waals surface area contributed by atoms with E-state index in [0.29, 0.717) is 5.41 Å². The molecule has 0 aliphatic carbocycles. The summed E-state index contributed by atoms with van der Waals surface area (Å²) in [6.45, 7) is 13.1. The SMILES string of the molecule is CCC(C)(C)C1CCCN1C(C)C. The molecule has 0 radical (unpaired) electrons. The lowest BCUT2D eigenvalue weighted by Gasteiger charge is -2.39. The topological polar surface area (TPSA) is 3.24 Å². The zero-order valence-electron chi connectivity index (χ0n) is 9.93. The molecule has 0 bridgehead atoms. The van der Waals surface area contributed by atoms with Gasteiger partial charge < -0.3 is 0 Å². The highest BCUT2D eigenvalue weighted by molar-refractivity contribution is 4.91. The van der Waals surface area contributed by atoms with Crippen molar-refractivity contribution in [2.24, 2.45) is 5.41 Å². The number of hydrogen-bond donors (Lipinski definition) is 0. The summed E-state index contributed by atoms with van der Waals surface area (Å²) in [5.41, 5.74) is 0.501. The molecular weight excluding hydrogens is 158 g/mol. The summed E-state index contributed by atoms with van der Waals surface area (Å²) in [7, 11) is 0. The second-order valence-electron chi connectivity index (χ2n) is 5.33. The minimum absolute atomic E-state index is 0.501. The average molecular weight is 183 g/mol. The van der Waals surface area contributed by atoms with Crippen LogP contribution in [0.4, 0.5) is 0 Å². The van der Waals surface area contributed by atoms with Crippen LogP contribution in [0.3, 0.4) is 0 Å². The highest BCUT2D eigenvalue weighted by Gasteiger charge is 2.36. The van der Waals surface area contributed by atoms with E-state index in [0.717, 1.165) is 12.1 Å². The van der Waals surface area contributed by atoms with E-state index in [1.807, 2.05) is 0 Å². The van der Waals surface area contributed by atoms with E-state index in [2.05, 4.69) is 39.5 Å². The highest BCUT2D eigenvalue weighted by Crippen LogP contribution is 2.36. The van der Waals surface area contributed by atoms with Crippen molar-refractivity contribution in [2.45, 2.75) is 66.0 Å². The first kappa shape index (κ1) is 11.0. The van der Waals surface area contributed by atoms with Crippen LogP contribution in [0, 0.1) is 5.41 Å². The van der Waals surface area contributed by atoms with Crippen LogP contribution in [0.1, 0.15) is 53.9 Å². The van der Waals surface area contributed by atoms with E-state index in [1.165, 1.54) is 25.8 Å². The molecule has 13 heavy (non-hydrogen) atoms. The van der Waals surface area contributed by atoms with Crippen molar-refractivity contribution >= 4 is 0 Å². The fraction of sp³-hybridized carbons (Fsp3) is 1.00. The number of nitrogens with zero attached hydrogens (tertiary/aromatic N) is 1. The second kappa shape index (κ2) is 4.00. The third kappa shape index (κ3) is 2.25. The first-order valence-corrected chi connectivity index (χ1v) is 5.74. The molecule has 1 nitrogen and oxygen atoms in total. The van der Waals surface area contributed by atoms with Gasteiger partial charge in [0.05, 0.1) is 0 Å². The molecule has 0 spiro atoms. The predicted molar refractivity (Wildman–Crippen MR) is 58.9 cm³/mol. The van der Waals surface area contributed by atoms with Gasteiger partial charge in [0.15, 0.2) is 0 Å².